The van der Waals surface area contributed by atoms with Crippen LogP contribution in [0.2, 0.25) is 0 Å². The fourth-order valence-corrected chi connectivity index (χ4v) is 1.09. The van der Waals surface area contributed by atoms with Gasteiger partial charge >= 0.3 is 0 Å². The second kappa shape index (κ2) is 5.01. The summed E-state index contributed by atoms with van der Waals surface area (Å²) in [5, 5.41) is 0. The molecule has 0 aliphatic carbocycles. The van der Waals surface area contributed by atoms with E-state index in [-0.39, 0.29) is 6.04 Å². The molecule has 1 rings (SSSR count). The molecular weight excluding hydrogens is 174 g/mol. The average Bonchev–Trinajstić information content (AvgIpc) is 2.14. The smallest absolute Gasteiger partial charge is 0.119 e. The summed E-state index contributed by atoms with van der Waals surface area (Å²) in [4.78, 5) is 0. The Kier molecular flexibility index (Phi) is 3.96. The second-order valence-corrected chi connectivity index (χ2v) is 4.04. The normalized spacial score (nSPS) is 12.9. The molecule has 0 bridgehead atoms. The van der Waals surface area contributed by atoms with E-state index in [1.54, 1.807) is 0 Å². The minimum Gasteiger partial charge on any atom is -0.492 e. The van der Waals surface area contributed by atoms with Crippen molar-refractivity contribution >= 4 is 0 Å². The molecule has 1 aromatic rings. The van der Waals surface area contributed by atoms with E-state index in [1.807, 2.05) is 18.2 Å². The van der Waals surface area contributed by atoms with Crippen molar-refractivity contribution < 1.29 is 4.74 Å². The average molecular weight is 193 g/mol. The van der Waals surface area contributed by atoms with Crippen molar-refractivity contribution in [3.05, 3.63) is 29.8 Å². The Morgan fingerprint density at radius 2 is 2.07 bits per heavy atom. The lowest BCUT2D eigenvalue weighted by Gasteiger charge is -2.16. The summed E-state index contributed by atoms with van der Waals surface area (Å²) in [5.74, 6) is 1.36. The molecule has 2 heteroatoms. The van der Waals surface area contributed by atoms with Gasteiger partial charge in [-0.25, -0.2) is 0 Å². The molecular formula is C12H19NO. The van der Waals surface area contributed by atoms with Crippen molar-refractivity contribution in [3.63, 3.8) is 0 Å². The second-order valence-electron chi connectivity index (χ2n) is 4.04. The van der Waals surface area contributed by atoms with Crippen LogP contribution in [0.4, 0.5) is 0 Å². The van der Waals surface area contributed by atoms with Crippen molar-refractivity contribution in [1.29, 1.82) is 0 Å². The van der Waals surface area contributed by atoms with Gasteiger partial charge in [0.1, 0.15) is 12.4 Å². The van der Waals surface area contributed by atoms with Gasteiger partial charge in [0.25, 0.3) is 0 Å². The Hall–Kier alpha value is -1.02. The molecule has 1 unspecified atom stereocenters. The minimum absolute atomic E-state index is 0.107. The zero-order valence-electron chi connectivity index (χ0n) is 9.16. The minimum atomic E-state index is 0.107. The molecule has 0 aliphatic rings. The number of hydrogen-bond donors (Lipinski definition) is 1. The maximum absolute atomic E-state index is 5.88. The van der Waals surface area contributed by atoms with Crippen LogP contribution < -0.4 is 10.5 Å². The zero-order chi connectivity index (χ0) is 10.6. The Morgan fingerprint density at radius 3 is 2.64 bits per heavy atom. The molecule has 0 heterocycles. The summed E-state index contributed by atoms with van der Waals surface area (Å²) in [6, 6.07) is 8.13. The monoisotopic (exact) mass is 193 g/mol. The van der Waals surface area contributed by atoms with Gasteiger partial charge in [0, 0.05) is 6.04 Å². The van der Waals surface area contributed by atoms with Crippen molar-refractivity contribution in [3.8, 4) is 5.75 Å². The van der Waals surface area contributed by atoms with E-state index < -0.39 is 0 Å². The third kappa shape index (κ3) is 3.38. The molecule has 0 fully saturated rings. The lowest BCUT2D eigenvalue weighted by Crippen LogP contribution is -2.32. The summed E-state index contributed by atoms with van der Waals surface area (Å²) in [6.45, 7) is 6.84. The van der Waals surface area contributed by atoms with E-state index in [2.05, 4.69) is 26.8 Å². The van der Waals surface area contributed by atoms with Gasteiger partial charge in [0.05, 0.1) is 0 Å². The van der Waals surface area contributed by atoms with Gasteiger partial charge < -0.3 is 10.5 Å². The Morgan fingerprint density at radius 1 is 1.36 bits per heavy atom. The lowest BCUT2D eigenvalue weighted by molar-refractivity contribution is 0.259. The highest BCUT2D eigenvalue weighted by Gasteiger charge is 2.07. The quantitative estimate of drug-likeness (QED) is 0.796. The van der Waals surface area contributed by atoms with Crippen LogP contribution in [0.15, 0.2) is 24.3 Å². The van der Waals surface area contributed by atoms with Crippen LogP contribution in [0.3, 0.4) is 0 Å². The molecule has 14 heavy (non-hydrogen) atoms. The van der Waals surface area contributed by atoms with Crippen molar-refractivity contribution in [2.75, 3.05) is 6.61 Å². The summed E-state index contributed by atoms with van der Waals surface area (Å²) in [5.41, 5.74) is 7.09. The van der Waals surface area contributed by atoms with Crippen molar-refractivity contribution in [2.24, 2.45) is 11.7 Å². The Labute approximate surface area is 86.1 Å². The Bertz CT molecular complexity index is 283. The van der Waals surface area contributed by atoms with E-state index in [0.717, 1.165) is 5.75 Å². The molecule has 78 valence electrons. The highest BCUT2D eigenvalue weighted by molar-refractivity contribution is 5.27. The first-order chi connectivity index (χ1) is 6.59. The molecule has 0 radical (unpaired) electrons. The van der Waals surface area contributed by atoms with Gasteiger partial charge in [-0.2, -0.15) is 0 Å². The number of rotatable bonds is 4. The molecule has 1 aromatic carbocycles. The molecule has 0 aliphatic heterocycles. The predicted octanol–water partition coefficient (Wildman–Crippen LogP) is 2.36. The van der Waals surface area contributed by atoms with E-state index in [1.165, 1.54) is 5.56 Å². The van der Waals surface area contributed by atoms with E-state index >= 15 is 0 Å². The summed E-state index contributed by atoms with van der Waals surface area (Å²) < 4.78 is 5.58. The van der Waals surface area contributed by atoms with E-state index in [4.69, 9.17) is 10.5 Å². The zero-order valence-corrected chi connectivity index (χ0v) is 9.16. The van der Waals surface area contributed by atoms with Crippen LogP contribution in [0.25, 0.3) is 0 Å². The fourth-order valence-electron chi connectivity index (χ4n) is 1.09. The fraction of sp³-hybridized carbons (Fsp3) is 0.500. The van der Waals surface area contributed by atoms with Gasteiger partial charge in [-0.15, -0.1) is 0 Å². The predicted molar refractivity (Wildman–Crippen MR) is 59.5 cm³/mol. The van der Waals surface area contributed by atoms with Crippen LogP contribution in [0.1, 0.15) is 19.4 Å². The highest BCUT2D eigenvalue weighted by Crippen LogP contribution is 2.13. The van der Waals surface area contributed by atoms with Crippen LogP contribution >= 0.6 is 0 Å². The van der Waals surface area contributed by atoms with Crippen molar-refractivity contribution in [2.45, 2.75) is 26.8 Å². The molecule has 0 amide bonds. The molecule has 2 N–H and O–H groups in total. The van der Waals surface area contributed by atoms with Crippen molar-refractivity contribution in [1.82, 2.24) is 0 Å². The summed E-state index contributed by atoms with van der Waals surface area (Å²) >= 11 is 0. The number of benzene rings is 1. The third-order valence-corrected chi connectivity index (χ3v) is 2.29. The first-order valence-corrected chi connectivity index (χ1v) is 5.04. The van der Waals surface area contributed by atoms with E-state index in [9.17, 15) is 0 Å². The van der Waals surface area contributed by atoms with Gasteiger partial charge in [-0.3, -0.25) is 0 Å². The van der Waals surface area contributed by atoms with Gasteiger partial charge in [0.15, 0.2) is 0 Å². The van der Waals surface area contributed by atoms with Crippen LogP contribution in [-0.4, -0.2) is 12.6 Å². The van der Waals surface area contributed by atoms with E-state index in [0.29, 0.717) is 12.5 Å². The SMILES string of the molecule is Cc1cccc(OCC(N)C(C)C)c1. The molecule has 0 saturated carbocycles. The largest absolute Gasteiger partial charge is 0.492 e. The molecule has 2 nitrogen and oxygen atoms in total. The lowest BCUT2D eigenvalue weighted by atomic mass is 10.1. The van der Waals surface area contributed by atoms with Gasteiger partial charge in [-0.1, -0.05) is 26.0 Å². The molecule has 0 spiro atoms. The summed E-state index contributed by atoms with van der Waals surface area (Å²) in [7, 11) is 0. The first kappa shape index (κ1) is 11.1. The number of hydrogen-bond acceptors (Lipinski definition) is 2. The number of ether oxygens (including phenoxy) is 1. The standard InChI is InChI=1S/C12H19NO/c1-9(2)12(13)8-14-11-6-4-5-10(3)7-11/h4-7,9,12H,8,13H2,1-3H3. The maximum atomic E-state index is 5.88. The molecule has 0 aromatic heterocycles. The Balaban J connectivity index is 2.45. The third-order valence-electron chi connectivity index (χ3n) is 2.29. The first-order valence-electron chi connectivity index (χ1n) is 5.04. The van der Waals surface area contributed by atoms with Crippen LogP contribution in [0.5, 0.6) is 5.75 Å². The van der Waals surface area contributed by atoms with Gasteiger partial charge in [-0.05, 0) is 30.5 Å². The number of nitrogens with two attached hydrogens (primary N) is 1. The van der Waals surface area contributed by atoms with Crippen LogP contribution in [0, 0.1) is 12.8 Å². The maximum Gasteiger partial charge on any atom is 0.119 e. The molecule has 0 saturated heterocycles. The topological polar surface area (TPSA) is 35.2 Å². The summed E-state index contributed by atoms with van der Waals surface area (Å²) in [6.07, 6.45) is 0. The molecule has 1 atom stereocenters. The highest BCUT2D eigenvalue weighted by atomic mass is 16.5. The van der Waals surface area contributed by atoms with Gasteiger partial charge in [0.2, 0.25) is 0 Å². The number of aryl methyl sites for hydroxylation is 1. The van der Waals surface area contributed by atoms with Crippen LogP contribution in [-0.2, 0) is 0 Å².